The van der Waals surface area contributed by atoms with Crippen LogP contribution in [0.2, 0.25) is 0 Å². The Morgan fingerprint density at radius 3 is 2.75 bits per heavy atom. The van der Waals surface area contributed by atoms with Crippen molar-refractivity contribution in [3.05, 3.63) is 40.9 Å². The number of benzene rings is 1. The Morgan fingerprint density at radius 1 is 1.35 bits per heavy atom. The first-order chi connectivity index (χ1) is 9.37. The number of hydrogen-bond donors (Lipinski definition) is 1. The van der Waals surface area contributed by atoms with E-state index in [9.17, 15) is 9.59 Å². The van der Waals surface area contributed by atoms with Crippen molar-refractivity contribution in [3.63, 3.8) is 0 Å². The van der Waals surface area contributed by atoms with E-state index in [4.69, 9.17) is 0 Å². The first kappa shape index (κ1) is 14.6. The van der Waals surface area contributed by atoms with E-state index in [0.717, 1.165) is 4.68 Å². The molecule has 0 aliphatic heterocycles. The highest BCUT2D eigenvalue weighted by molar-refractivity contribution is 8.01. The summed E-state index contributed by atoms with van der Waals surface area (Å²) in [7, 11) is 0. The molecule has 1 aromatic carbocycles. The molecule has 0 saturated carbocycles. The second-order valence-corrected chi connectivity index (χ2v) is 7.17. The Bertz CT molecular complexity index is 689. The molecule has 5 nitrogen and oxygen atoms in total. The van der Waals surface area contributed by atoms with E-state index < -0.39 is 0 Å². The number of fused-ring (bicyclic) bond motifs is 1. The molecule has 1 N–H and O–H groups in total. The van der Waals surface area contributed by atoms with Crippen molar-refractivity contribution >= 4 is 28.6 Å². The quantitative estimate of drug-likeness (QED) is 0.939. The number of carbonyl (C=O) groups excluding carboxylic acids is 1. The van der Waals surface area contributed by atoms with E-state index in [1.54, 1.807) is 18.2 Å². The van der Waals surface area contributed by atoms with Gasteiger partial charge in [0.2, 0.25) is 5.91 Å². The molecule has 0 unspecified atom stereocenters. The Hall–Kier alpha value is -1.82. The molecule has 0 atom stereocenters. The molecule has 1 heterocycles. The van der Waals surface area contributed by atoms with Crippen molar-refractivity contribution in [2.75, 3.05) is 11.2 Å². The molecule has 0 aliphatic carbocycles. The van der Waals surface area contributed by atoms with Crippen molar-refractivity contribution in [2.45, 2.75) is 25.5 Å². The van der Waals surface area contributed by atoms with Crippen molar-refractivity contribution in [1.82, 2.24) is 9.66 Å². The lowest BCUT2D eigenvalue weighted by Gasteiger charge is -2.17. The summed E-state index contributed by atoms with van der Waals surface area (Å²) in [6.45, 7) is 6.11. The monoisotopic (exact) mass is 291 g/mol. The van der Waals surface area contributed by atoms with Gasteiger partial charge in [0.1, 0.15) is 6.33 Å². The number of amides is 1. The van der Waals surface area contributed by atoms with Gasteiger partial charge < -0.3 is 0 Å². The molecule has 0 spiro atoms. The summed E-state index contributed by atoms with van der Waals surface area (Å²) in [4.78, 5) is 28.1. The van der Waals surface area contributed by atoms with Crippen LogP contribution in [0.5, 0.6) is 0 Å². The fraction of sp³-hybridized carbons (Fsp3) is 0.357. The second kappa shape index (κ2) is 5.66. The standard InChI is InChI=1S/C14H17N3O2S/c1-14(2,3)20-8-12(18)16-17-9-15-11-7-5-4-6-10(11)13(17)19/h4-7,9H,8H2,1-3H3,(H,16,18). The van der Waals surface area contributed by atoms with Gasteiger partial charge in [0, 0.05) is 4.75 Å². The number of nitrogens with one attached hydrogen (secondary N) is 1. The average molecular weight is 291 g/mol. The van der Waals surface area contributed by atoms with Gasteiger partial charge in [-0.05, 0) is 12.1 Å². The first-order valence-electron chi connectivity index (χ1n) is 6.27. The molecule has 6 heteroatoms. The third-order valence-corrected chi connectivity index (χ3v) is 3.82. The summed E-state index contributed by atoms with van der Waals surface area (Å²) in [6.07, 6.45) is 1.34. The van der Waals surface area contributed by atoms with Crippen molar-refractivity contribution < 1.29 is 4.79 Å². The Kier molecular flexibility index (Phi) is 4.13. The van der Waals surface area contributed by atoms with Crippen LogP contribution in [0.1, 0.15) is 20.8 Å². The first-order valence-corrected chi connectivity index (χ1v) is 7.25. The highest BCUT2D eigenvalue weighted by Gasteiger charge is 2.14. The van der Waals surface area contributed by atoms with Crippen molar-refractivity contribution in [3.8, 4) is 0 Å². The van der Waals surface area contributed by atoms with Gasteiger partial charge in [-0.25, -0.2) is 9.66 Å². The van der Waals surface area contributed by atoms with Gasteiger partial charge in [-0.3, -0.25) is 15.0 Å². The molecular formula is C14H17N3O2S. The summed E-state index contributed by atoms with van der Waals surface area (Å²) in [5.41, 5.74) is 2.90. The molecule has 20 heavy (non-hydrogen) atoms. The highest BCUT2D eigenvalue weighted by atomic mass is 32.2. The van der Waals surface area contributed by atoms with Crippen LogP contribution in [0.15, 0.2) is 35.4 Å². The maximum atomic E-state index is 12.2. The Labute approximate surface area is 121 Å². The van der Waals surface area contributed by atoms with E-state index in [2.05, 4.69) is 10.4 Å². The number of thioether (sulfide) groups is 1. The van der Waals surface area contributed by atoms with Gasteiger partial charge in [0.15, 0.2) is 0 Å². The lowest BCUT2D eigenvalue weighted by atomic mass is 10.2. The molecule has 0 radical (unpaired) electrons. The fourth-order valence-corrected chi connectivity index (χ4v) is 2.23. The predicted octanol–water partition coefficient (Wildman–Crippen LogP) is 2.00. The Morgan fingerprint density at radius 2 is 2.05 bits per heavy atom. The van der Waals surface area contributed by atoms with Crippen LogP contribution in [-0.2, 0) is 4.79 Å². The maximum absolute atomic E-state index is 12.2. The lowest BCUT2D eigenvalue weighted by molar-refractivity contribution is -0.114. The predicted molar refractivity (Wildman–Crippen MR) is 82.6 cm³/mol. The van der Waals surface area contributed by atoms with E-state index in [0.29, 0.717) is 16.7 Å². The van der Waals surface area contributed by atoms with Gasteiger partial charge in [-0.2, -0.15) is 0 Å². The number of aromatic nitrogens is 2. The van der Waals surface area contributed by atoms with E-state index in [1.165, 1.54) is 18.1 Å². The van der Waals surface area contributed by atoms with Crippen molar-refractivity contribution in [1.29, 1.82) is 0 Å². The lowest BCUT2D eigenvalue weighted by Crippen LogP contribution is -2.34. The van der Waals surface area contributed by atoms with Crippen LogP contribution in [0.25, 0.3) is 10.9 Å². The molecule has 1 aromatic heterocycles. The summed E-state index contributed by atoms with van der Waals surface area (Å²) >= 11 is 1.52. The number of rotatable bonds is 3. The van der Waals surface area contributed by atoms with E-state index in [1.807, 2.05) is 26.8 Å². The molecule has 0 saturated heterocycles. The molecule has 0 aliphatic rings. The van der Waals surface area contributed by atoms with Gasteiger partial charge in [0.25, 0.3) is 5.56 Å². The molecule has 2 rings (SSSR count). The van der Waals surface area contributed by atoms with Gasteiger partial charge in [-0.1, -0.05) is 32.9 Å². The van der Waals surface area contributed by atoms with Crippen LogP contribution in [0, 0.1) is 0 Å². The summed E-state index contributed by atoms with van der Waals surface area (Å²) in [6, 6.07) is 7.04. The van der Waals surface area contributed by atoms with Gasteiger partial charge in [0.05, 0.1) is 16.7 Å². The minimum Gasteiger partial charge on any atom is -0.272 e. The van der Waals surface area contributed by atoms with Crippen LogP contribution in [-0.4, -0.2) is 26.1 Å². The minimum atomic E-state index is -0.273. The van der Waals surface area contributed by atoms with Gasteiger partial charge >= 0.3 is 0 Å². The Balaban J connectivity index is 2.16. The van der Waals surface area contributed by atoms with Crippen LogP contribution in [0.3, 0.4) is 0 Å². The molecule has 0 bridgehead atoms. The SMILES string of the molecule is CC(C)(C)SCC(=O)Nn1cnc2ccccc2c1=O. The number of nitrogens with zero attached hydrogens (tertiary/aromatic N) is 2. The van der Waals surface area contributed by atoms with Crippen molar-refractivity contribution in [2.24, 2.45) is 0 Å². The molecule has 1 amide bonds. The molecular weight excluding hydrogens is 274 g/mol. The zero-order chi connectivity index (χ0) is 14.8. The largest absolute Gasteiger partial charge is 0.280 e. The number of hydrogen-bond acceptors (Lipinski definition) is 4. The van der Waals surface area contributed by atoms with Crippen LogP contribution < -0.4 is 11.0 Å². The second-order valence-electron chi connectivity index (χ2n) is 5.37. The normalized spacial score (nSPS) is 11.6. The number of carbonyl (C=O) groups is 1. The number of para-hydroxylation sites is 1. The molecule has 2 aromatic rings. The maximum Gasteiger partial charge on any atom is 0.280 e. The highest BCUT2D eigenvalue weighted by Crippen LogP contribution is 2.22. The van der Waals surface area contributed by atoms with Crippen LogP contribution in [0.4, 0.5) is 0 Å². The third kappa shape index (κ3) is 3.60. The van der Waals surface area contributed by atoms with E-state index in [-0.39, 0.29) is 16.2 Å². The van der Waals surface area contributed by atoms with Gasteiger partial charge in [-0.15, -0.1) is 11.8 Å². The zero-order valence-corrected chi connectivity index (χ0v) is 12.5. The minimum absolute atomic E-state index is 0.00390. The van der Waals surface area contributed by atoms with Crippen LogP contribution >= 0.6 is 11.8 Å². The molecule has 0 fully saturated rings. The summed E-state index contributed by atoms with van der Waals surface area (Å²) < 4.78 is 1.14. The molecule has 106 valence electrons. The average Bonchev–Trinajstić information content (AvgIpc) is 2.39. The summed E-state index contributed by atoms with van der Waals surface area (Å²) in [5.74, 6) is 0.0760. The topological polar surface area (TPSA) is 64.0 Å². The fourth-order valence-electron chi connectivity index (χ4n) is 1.60. The third-order valence-electron chi connectivity index (χ3n) is 2.55. The zero-order valence-electron chi connectivity index (χ0n) is 11.7. The summed E-state index contributed by atoms with van der Waals surface area (Å²) in [5, 5.41) is 0.485. The van der Waals surface area contributed by atoms with E-state index >= 15 is 0 Å². The smallest absolute Gasteiger partial charge is 0.272 e.